The van der Waals surface area contributed by atoms with Crippen LogP contribution in [-0.4, -0.2) is 37.1 Å². The molecule has 0 bridgehead atoms. The highest BCUT2D eigenvalue weighted by Gasteiger charge is 2.30. The zero-order chi connectivity index (χ0) is 15.0. The van der Waals surface area contributed by atoms with Gasteiger partial charge in [0.15, 0.2) is 0 Å². The van der Waals surface area contributed by atoms with Crippen molar-refractivity contribution in [2.45, 2.75) is 53.5 Å². The van der Waals surface area contributed by atoms with Gasteiger partial charge in [0.2, 0.25) is 0 Å². The molecule has 2 rings (SSSR count). The first kappa shape index (κ1) is 17.0. The van der Waals surface area contributed by atoms with Crippen molar-refractivity contribution < 1.29 is 0 Å². The molecule has 1 aliphatic rings. The van der Waals surface area contributed by atoms with Crippen molar-refractivity contribution in [3.63, 3.8) is 0 Å². The molecule has 2 nitrogen and oxygen atoms in total. The molecule has 2 heteroatoms. The molecule has 0 aromatic heterocycles. The van der Waals surface area contributed by atoms with E-state index in [1.54, 1.807) is 0 Å². The highest BCUT2D eigenvalue weighted by atomic mass is 15.3. The van der Waals surface area contributed by atoms with Crippen LogP contribution in [-0.2, 0) is 0 Å². The zero-order valence-corrected chi connectivity index (χ0v) is 14.0. The fourth-order valence-electron chi connectivity index (χ4n) is 2.70. The van der Waals surface area contributed by atoms with E-state index in [2.05, 4.69) is 54.8 Å². The van der Waals surface area contributed by atoms with Crippen LogP contribution in [0.15, 0.2) is 24.3 Å². The van der Waals surface area contributed by atoms with E-state index in [9.17, 15) is 0 Å². The monoisotopic (exact) mass is 276 g/mol. The maximum atomic E-state index is 2.66. The van der Waals surface area contributed by atoms with Crippen molar-refractivity contribution in [3.8, 4) is 0 Å². The third-order valence-corrected chi connectivity index (χ3v) is 3.80. The largest absolute Gasteiger partial charge is 0.368 e. The number of anilines is 1. The Morgan fingerprint density at radius 1 is 1.00 bits per heavy atom. The second-order valence-electron chi connectivity index (χ2n) is 5.43. The van der Waals surface area contributed by atoms with Gasteiger partial charge in [0.1, 0.15) is 0 Å². The Morgan fingerprint density at radius 3 is 1.95 bits per heavy atom. The van der Waals surface area contributed by atoms with Crippen LogP contribution in [0.25, 0.3) is 0 Å². The summed E-state index contributed by atoms with van der Waals surface area (Å²) in [7, 11) is 0. The van der Waals surface area contributed by atoms with Crippen molar-refractivity contribution >= 4 is 5.69 Å². The standard InChI is InChI=1S/C16H26N2.C2H6/c1-4-10-17(11-5-2)16-12-18(13-16)15-8-6-14(3)7-9-15;1-2/h6-9,16H,4-5,10-13H2,1-3H3;1-2H3. The lowest BCUT2D eigenvalue weighted by atomic mass is 10.0. The Balaban J connectivity index is 0.000000956. The van der Waals surface area contributed by atoms with Crippen LogP contribution in [0, 0.1) is 6.92 Å². The number of aryl methyl sites for hydroxylation is 1. The minimum Gasteiger partial charge on any atom is -0.368 e. The van der Waals surface area contributed by atoms with Gasteiger partial charge < -0.3 is 4.90 Å². The van der Waals surface area contributed by atoms with Gasteiger partial charge in [0, 0.05) is 24.8 Å². The average Bonchev–Trinajstić information content (AvgIpc) is 2.42. The van der Waals surface area contributed by atoms with Gasteiger partial charge in [-0.2, -0.15) is 0 Å². The predicted molar refractivity (Wildman–Crippen MR) is 90.7 cm³/mol. The zero-order valence-electron chi connectivity index (χ0n) is 14.0. The molecule has 1 fully saturated rings. The van der Waals surface area contributed by atoms with E-state index in [1.165, 1.54) is 50.3 Å². The van der Waals surface area contributed by atoms with E-state index in [0.29, 0.717) is 0 Å². The topological polar surface area (TPSA) is 6.48 Å². The SMILES string of the molecule is CC.CCCN(CCC)C1CN(c2ccc(C)cc2)C1. The van der Waals surface area contributed by atoms with Gasteiger partial charge in [0.05, 0.1) is 0 Å². The smallest absolute Gasteiger partial charge is 0.0446 e. The van der Waals surface area contributed by atoms with Crippen molar-refractivity contribution in [2.75, 3.05) is 31.1 Å². The molecule has 1 saturated heterocycles. The molecule has 0 saturated carbocycles. The van der Waals surface area contributed by atoms with Gasteiger partial charge in [-0.1, -0.05) is 45.4 Å². The van der Waals surface area contributed by atoms with E-state index < -0.39 is 0 Å². The molecule has 0 N–H and O–H groups in total. The fourth-order valence-corrected chi connectivity index (χ4v) is 2.70. The Kier molecular flexibility index (Phi) is 7.68. The van der Waals surface area contributed by atoms with E-state index >= 15 is 0 Å². The predicted octanol–water partition coefficient (Wildman–Crippen LogP) is 4.33. The van der Waals surface area contributed by atoms with E-state index in [1.807, 2.05) is 13.8 Å². The van der Waals surface area contributed by atoms with E-state index in [-0.39, 0.29) is 0 Å². The lowest BCUT2D eigenvalue weighted by Crippen LogP contribution is -2.59. The molecule has 0 radical (unpaired) electrons. The molecule has 0 spiro atoms. The first-order valence-electron chi connectivity index (χ1n) is 8.30. The Labute approximate surface area is 125 Å². The van der Waals surface area contributed by atoms with E-state index in [0.717, 1.165) is 6.04 Å². The summed E-state index contributed by atoms with van der Waals surface area (Å²) in [5.74, 6) is 0. The maximum Gasteiger partial charge on any atom is 0.0446 e. The van der Waals surface area contributed by atoms with E-state index in [4.69, 9.17) is 0 Å². The Morgan fingerprint density at radius 2 is 1.50 bits per heavy atom. The molecule has 0 atom stereocenters. The van der Waals surface area contributed by atoms with Crippen molar-refractivity contribution in [1.82, 2.24) is 4.90 Å². The molecule has 0 amide bonds. The number of benzene rings is 1. The maximum absolute atomic E-state index is 2.66. The van der Waals surface area contributed by atoms with Crippen molar-refractivity contribution in [3.05, 3.63) is 29.8 Å². The highest BCUT2D eigenvalue weighted by molar-refractivity contribution is 5.50. The lowest BCUT2D eigenvalue weighted by molar-refractivity contribution is 0.166. The molecule has 1 heterocycles. The molecule has 0 unspecified atom stereocenters. The summed E-state index contributed by atoms with van der Waals surface area (Å²) in [6, 6.07) is 9.67. The van der Waals surface area contributed by atoms with Crippen molar-refractivity contribution in [1.29, 1.82) is 0 Å². The molecular weight excluding hydrogens is 244 g/mol. The molecule has 0 aliphatic carbocycles. The van der Waals surface area contributed by atoms with Crippen LogP contribution in [0.3, 0.4) is 0 Å². The van der Waals surface area contributed by atoms with Crippen LogP contribution in [0.1, 0.15) is 46.1 Å². The van der Waals surface area contributed by atoms with Crippen LogP contribution in [0.4, 0.5) is 5.69 Å². The summed E-state index contributed by atoms with van der Waals surface area (Å²) in [4.78, 5) is 5.15. The van der Waals surface area contributed by atoms with Crippen LogP contribution >= 0.6 is 0 Å². The number of rotatable bonds is 6. The quantitative estimate of drug-likeness (QED) is 0.763. The first-order chi connectivity index (χ1) is 9.74. The second kappa shape index (κ2) is 9.02. The normalized spacial score (nSPS) is 14.8. The van der Waals surface area contributed by atoms with Gasteiger partial charge >= 0.3 is 0 Å². The molecule has 20 heavy (non-hydrogen) atoms. The summed E-state index contributed by atoms with van der Waals surface area (Å²) >= 11 is 0. The second-order valence-corrected chi connectivity index (χ2v) is 5.43. The highest BCUT2D eigenvalue weighted by Crippen LogP contribution is 2.24. The number of nitrogens with zero attached hydrogens (tertiary/aromatic N) is 2. The minimum atomic E-state index is 0.770. The minimum absolute atomic E-state index is 0.770. The van der Waals surface area contributed by atoms with Gasteiger partial charge in [-0.25, -0.2) is 0 Å². The molecule has 1 aromatic rings. The third kappa shape index (κ3) is 4.52. The number of hydrogen-bond donors (Lipinski definition) is 0. The van der Waals surface area contributed by atoms with Crippen LogP contribution in [0.5, 0.6) is 0 Å². The van der Waals surface area contributed by atoms with Gasteiger partial charge in [0.25, 0.3) is 0 Å². The van der Waals surface area contributed by atoms with Gasteiger partial charge in [-0.15, -0.1) is 0 Å². The summed E-state index contributed by atoms with van der Waals surface area (Å²) in [5, 5.41) is 0. The summed E-state index contributed by atoms with van der Waals surface area (Å²) in [5.41, 5.74) is 2.72. The summed E-state index contributed by atoms with van der Waals surface area (Å²) in [6.07, 6.45) is 2.53. The fraction of sp³-hybridized carbons (Fsp3) is 0.667. The lowest BCUT2D eigenvalue weighted by Gasteiger charge is -2.46. The van der Waals surface area contributed by atoms with Gasteiger partial charge in [-0.05, 0) is 45.0 Å². The summed E-state index contributed by atoms with van der Waals surface area (Å²) < 4.78 is 0. The van der Waals surface area contributed by atoms with Crippen molar-refractivity contribution in [2.24, 2.45) is 0 Å². The van der Waals surface area contributed by atoms with Crippen LogP contribution in [0.2, 0.25) is 0 Å². The molecule has 1 aromatic carbocycles. The Hall–Kier alpha value is -1.02. The molecule has 1 aliphatic heterocycles. The number of hydrogen-bond acceptors (Lipinski definition) is 2. The average molecular weight is 276 g/mol. The molecular formula is C18H32N2. The first-order valence-corrected chi connectivity index (χ1v) is 8.30. The summed E-state index contributed by atoms with van der Waals surface area (Å²) in [6.45, 7) is 15.6. The van der Waals surface area contributed by atoms with Crippen LogP contribution < -0.4 is 4.90 Å². The van der Waals surface area contributed by atoms with Gasteiger partial charge in [-0.3, -0.25) is 4.90 Å². The molecule has 114 valence electrons. The Bertz CT molecular complexity index is 346. The third-order valence-electron chi connectivity index (χ3n) is 3.80.